The number of anilines is 1. The molecule has 2 aromatic rings. The molecule has 6 heteroatoms. The Morgan fingerprint density at radius 1 is 1.47 bits per heavy atom. The molecule has 0 saturated heterocycles. The summed E-state index contributed by atoms with van der Waals surface area (Å²) in [7, 11) is 0. The molecule has 1 aromatic heterocycles. The van der Waals surface area contributed by atoms with Crippen LogP contribution in [0.4, 0.5) is 10.1 Å². The maximum Gasteiger partial charge on any atom is 0.253 e. The van der Waals surface area contributed by atoms with E-state index in [4.69, 9.17) is 5.73 Å². The van der Waals surface area contributed by atoms with Crippen molar-refractivity contribution in [3.63, 3.8) is 0 Å². The highest BCUT2D eigenvalue weighted by Gasteiger charge is 2.10. The van der Waals surface area contributed by atoms with Gasteiger partial charge in [-0.1, -0.05) is 0 Å². The lowest BCUT2D eigenvalue weighted by atomic mass is 10.1. The minimum atomic E-state index is -0.465. The van der Waals surface area contributed by atoms with Crippen molar-refractivity contribution in [1.29, 1.82) is 0 Å². The zero-order valence-corrected chi connectivity index (χ0v) is 8.90. The van der Waals surface area contributed by atoms with Gasteiger partial charge in [0.05, 0.1) is 17.8 Å². The van der Waals surface area contributed by atoms with E-state index in [2.05, 4.69) is 15.5 Å². The first-order valence-corrected chi connectivity index (χ1v) is 4.98. The SMILES string of the molecule is Nc1cc(F)ccc1C(=O)NCc1ccn[nH]1. The second-order valence-corrected chi connectivity index (χ2v) is 3.50. The van der Waals surface area contributed by atoms with Crippen LogP contribution >= 0.6 is 0 Å². The molecule has 0 aliphatic carbocycles. The monoisotopic (exact) mass is 234 g/mol. The minimum Gasteiger partial charge on any atom is -0.398 e. The number of nitrogens with zero attached hydrogens (tertiary/aromatic N) is 1. The maximum atomic E-state index is 12.8. The van der Waals surface area contributed by atoms with Gasteiger partial charge in [0.25, 0.3) is 5.91 Å². The maximum absolute atomic E-state index is 12.8. The van der Waals surface area contributed by atoms with Crippen LogP contribution in [-0.4, -0.2) is 16.1 Å². The Hall–Kier alpha value is -2.37. The Morgan fingerprint density at radius 3 is 2.94 bits per heavy atom. The number of aromatic amines is 1. The number of benzene rings is 1. The van der Waals surface area contributed by atoms with E-state index in [1.807, 2.05) is 0 Å². The summed E-state index contributed by atoms with van der Waals surface area (Å²) in [5, 5.41) is 9.11. The number of hydrogen-bond donors (Lipinski definition) is 3. The largest absolute Gasteiger partial charge is 0.398 e. The van der Waals surface area contributed by atoms with Crippen LogP contribution < -0.4 is 11.1 Å². The van der Waals surface area contributed by atoms with Gasteiger partial charge in [0, 0.05) is 11.9 Å². The predicted octanol–water partition coefficient (Wildman–Crippen LogP) is 1.06. The highest BCUT2D eigenvalue weighted by Crippen LogP contribution is 2.13. The van der Waals surface area contributed by atoms with Crippen LogP contribution in [0.25, 0.3) is 0 Å². The number of aromatic nitrogens is 2. The van der Waals surface area contributed by atoms with Crippen molar-refractivity contribution >= 4 is 11.6 Å². The van der Waals surface area contributed by atoms with Crippen LogP contribution in [0, 0.1) is 5.82 Å². The van der Waals surface area contributed by atoms with Crippen LogP contribution in [0.5, 0.6) is 0 Å². The summed E-state index contributed by atoms with van der Waals surface area (Å²) in [6.45, 7) is 0.315. The second kappa shape index (κ2) is 4.65. The quantitative estimate of drug-likeness (QED) is 0.694. The number of carbonyl (C=O) groups is 1. The fourth-order valence-corrected chi connectivity index (χ4v) is 1.39. The number of nitrogens with one attached hydrogen (secondary N) is 2. The lowest BCUT2D eigenvalue weighted by Gasteiger charge is -2.06. The Balaban J connectivity index is 2.04. The number of nitrogens with two attached hydrogens (primary N) is 1. The molecule has 0 spiro atoms. The van der Waals surface area contributed by atoms with Crippen molar-refractivity contribution in [3.05, 3.63) is 47.5 Å². The van der Waals surface area contributed by atoms with Crippen molar-refractivity contribution in [2.24, 2.45) is 0 Å². The van der Waals surface area contributed by atoms with Crippen LogP contribution in [0.2, 0.25) is 0 Å². The summed E-state index contributed by atoms with van der Waals surface area (Å²) in [4.78, 5) is 11.7. The molecular formula is C11H11FN4O. The molecular weight excluding hydrogens is 223 g/mol. The molecule has 4 N–H and O–H groups in total. The molecule has 17 heavy (non-hydrogen) atoms. The van der Waals surface area contributed by atoms with Gasteiger partial charge in [0.15, 0.2) is 0 Å². The Morgan fingerprint density at radius 2 is 2.29 bits per heavy atom. The third kappa shape index (κ3) is 2.60. The van der Waals surface area contributed by atoms with Crippen LogP contribution in [-0.2, 0) is 6.54 Å². The van der Waals surface area contributed by atoms with E-state index in [0.717, 1.165) is 11.8 Å². The Kier molecular flexibility index (Phi) is 3.04. The van der Waals surface area contributed by atoms with Gasteiger partial charge in [-0.15, -0.1) is 0 Å². The number of H-pyrrole nitrogens is 1. The average Bonchev–Trinajstić information content (AvgIpc) is 2.78. The summed E-state index contributed by atoms with van der Waals surface area (Å²) in [5.74, 6) is -0.815. The third-order valence-corrected chi connectivity index (χ3v) is 2.26. The van der Waals surface area contributed by atoms with Crippen molar-refractivity contribution < 1.29 is 9.18 Å². The predicted molar refractivity (Wildman–Crippen MR) is 60.6 cm³/mol. The fraction of sp³-hybridized carbons (Fsp3) is 0.0909. The van der Waals surface area contributed by atoms with Crippen LogP contribution in [0.15, 0.2) is 30.5 Å². The molecule has 1 aromatic carbocycles. The van der Waals surface area contributed by atoms with E-state index in [0.29, 0.717) is 6.54 Å². The van der Waals surface area contributed by atoms with Crippen LogP contribution in [0.1, 0.15) is 16.1 Å². The van der Waals surface area contributed by atoms with Crippen molar-refractivity contribution in [3.8, 4) is 0 Å². The number of nitrogen functional groups attached to an aromatic ring is 1. The zero-order valence-electron chi connectivity index (χ0n) is 8.90. The van der Waals surface area contributed by atoms with Gasteiger partial charge in [-0.25, -0.2) is 4.39 Å². The van der Waals surface area contributed by atoms with Gasteiger partial charge < -0.3 is 11.1 Å². The zero-order chi connectivity index (χ0) is 12.3. The van der Waals surface area contributed by atoms with Crippen molar-refractivity contribution in [2.75, 3.05) is 5.73 Å². The van der Waals surface area contributed by atoms with E-state index in [9.17, 15) is 9.18 Å². The van der Waals surface area contributed by atoms with Crippen molar-refractivity contribution in [1.82, 2.24) is 15.5 Å². The summed E-state index contributed by atoms with van der Waals surface area (Å²) in [5.41, 5.74) is 6.70. The number of halogens is 1. The molecule has 88 valence electrons. The highest BCUT2D eigenvalue weighted by molar-refractivity contribution is 5.99. The number of amides is 1. The third-order valence-electron chi connectivity index (χ3n) is 2.26. The number of hydrogen-bond acceptors (Lipinski definition) is 3. The van der Waals surface area contributed by atoms with Gasteiger partial charge in [0.2, 0.25) is 0 Å². The minimum absolute atomic E-state index is 0.118. The first kappa shape index (κ1) is 11.1. The molecule has 0 radical (unpaired) electrons. The summed E-state index contributed by atoms with van der Waals surface area (Å²) >= 11 is 0. The molecule has 0 fully saturated rings. The van der Waals surface area contributed by atoms with Gasteiger partial charge in [-0.3, -0.25) is 9.89 Å². The molecule has 1 heterocycles. The molecule has 2 rings (SSSR count). The fourth-order valence-electron chi connectivity index (χ4n) is 1.39. The first-order valence-electron chi connectivity index (χ1n) is 4.98. The smallest absolute Gasteiger partial charge is 0.253 e. The lowest BCUT2D eigenvalue weighted by Crippen LogP contribution is -2.24. The van der Waals surface area contributed by atoms with Gasteiger partial charge in [-0.05, 0) is 24.3 Å². The van der Waals surface area contributed by atoms with Crippen LogP contribution in [0.3, 0.4) is 0 Å². The molecule has 0 aliphatic rings. The standard InChI is InChI=1S/C11H11FN4O/c12-7-1-2-9(10(13)5-7)11(17)14-6-8-3-4-15-16-8/h1-5H,6,13H2,(H,14,17)(H,15,16). The highest BCUT2D eigenvalue weighted by atomic mass is 19.1. The molecule has 1 amide bonds. The van der Waals surface area contributed by atoms with E-state index in [-0.39, 0.29) is 17.2 Å². The Bertz CT molecular complexity index is 524. The van der Waals surface area contributed by atoms with Crippen molar-refractivity contribution in [2.45, 2.75) is 6.54 Å². The number of carbonyl (C=O) groups excluding carboxylic acids is 1. The lowest BCUT2D eigenvalue weighted by molar-refractivity contribution is 0.0951. The summed E-state index contributed by atoms with van der Waals surface area (Å²) < 4.78 is 12.8. The van der Waals surface area contributed by atoms with E-state index >= 15 is 0 Å². The van der Waals surface area contributed by atoms with Gasteiger partial charge in [0.1, 0.15) is 5.82 Å². The molecule has 0 saturated carbocycles. The summed E-state index contributed by atoms with van der Waals surface area (Å²) in [6.07, 6.45) is 1.59. The average molecular weight is 234 g/mol. The Labute approximate surface area is 96.8 Å². The first-order chi connectivity index (χ1) is 8.16. The van der Waals surface area contributed by atoms with E-state index in [1.165, 1.54) is 12.1 Å². The topological polar surface area (TPSA) is 83.8 Å². The molecule has 0 bridgehead atoms. The van der Waals surface area contributed by atoms with E-state index < -0.39 is 5.82 Å². The molecule has 0 unspecified atom stereocenters. The summed E-state index contributed by atoms with van der Waals surface area (Å²) in [6, 6.07) is 5.41. The van der Waals surface area contributed by atoms with E-state index in [1.54, 1.807) is 12.3 Å². The molecule has 0 aliphatic heterocycles. The number of rotatable bonds is 3. The molecule has 0 atom stereocenters. The van der Waals surface area contributed by atoms with Gasteiger partial charge >= 0.3 is 0 Å². The van der Waals surface area contributed by atoms with Gasteiger partial charge in [-0.2, -0.15) is 5.10 Å². The molecule has 5 nitrogen and oxygen atoms in total. The normalized spacial score (nSPS) is 10.2. The second-order valence-electron chi connectivity index (χ2n) is 3.50.